The highest BCUT2D eigenvalue weighted by Gasteiger charge is 2.26. The topological polar surface area (TPSA) is 83.2 Å². The molecule has 0 aliphatic carbocycles. The maximum absolute atomic E-state index is 12.9. The monoisotopic (exact) mass is 419 g/mol. The molecule has 160 valence electrons. The molecular weight excluding hydrogens is 394 g/mol. The Bertz CT molecular complexity index is 1290. The minimum Gasteiger partial charge on any atom is -0.478 e. The van der Waals surface area contributed by atoms with E-state index in [-0.39, 0.29) is 11.9 Å². The van der Waals surface area contributed by atoms with Crippen molar-refractivity contribution in [2.45, 2.75) is 19.1 Å². The number of aryl methyl sites for hydroxylation is 1. The lowest BCUT2D eigenvalue weighted by atomic mass is 10.0. The van der Waals surface area contributed by atoms with Crippen molar-refractivity contribution in [2.24, 2.45) is 7.05 Å². The van der Waals surface area contributed by atoms with E-state index in [0.717, 1.165) is 52.4 Å². The van der Waals surface area contributed by atoms with E-state index in [1.807, 2.05) is 37.5 Å². The summed E-state index contributed by atoms with van der Waals surface area (Å²) in [7, 11) is 3.70. The highest BCUT2D eigenvalue weighted by Crippen LogP contribution is 2.32. The van der Waals surface area contributed by atoms with E-state index < -0.39 is 0 Å². The number of nitrogens with one attached hydrogen (secondary N) is 1. The number of hydrogen-bond donors (Lipinski definition) is 1. The summed E-state index contributed by atoms with van der Waals surface area (Å²) >= 11 is 0. The SMILES string of the molecule is CNCCCOc1ccc(-c2ccc3ncc4c(c3c2)n(C2CCO2)c(=O)n4C)cn1. The van der Waals surface area contributed by atoms with Crippen LogP contribution in [-0.2, 0) is 11.8 Å². The molecule has 0 spiro atoms. The molecule has 1 aromatic carbocycles. The Balaban J connectivity index is 1.54. The fourth-order valence-electron chi connectivity index (χ4n) is 3.96. The van der Waals surface area contributed by atoms with Gasteiger partial charge in [-0.05, 0) is 43.8 Å². The molecular formula is C23H25N5O3. The molecule has 0 amide bonds. The van der Waals surface area contributed by atoms with Crippen LogP contribution in [0.4, 0.5) is 0 Å². The van der Waals surface area contributed by atoms with Crippen molar-refractivity contribution in [1.82, 2.24) is 24.4 Å². The van der Waals surface area contributed by atoms with Gasteiger partial charge in [-0.1, -0.05) is 6.07 Å². The maximum Gasteiger partial charge on any atom is 0.331 e. The van der Waals surface area contributed by atoms with Crippen LogP contribution in [0.5, 0.6) is 5.88 Å². The second-order valence-corrected chi connectivity index (χ2v) is 7.74. The minimum atomic E-state index is -0.216. The summed E-state index contributed by atoms with van der Waals surface area (Å²) in [5.74, 6) is 0.615. The Morgan fingerprint density at radius 1 is 1.19 bits per heavy atom. The third-order valence-corrected chi connectivity index (χ3v) is 5.77. The molecule has 1 unspecified atom stereocenters. The number of hydrogen-bond acceptors (Lipinski definition) is 6. The molecule has 8 heteroatoms. The van der Waals surface area contributed by atoms with Crippen LogP contribution in [0.3, 0.4) is 0 Å². The van der Waals surface area contributed by atoms with E-state index in [0.29, 0.717) is 19.1 Å². The first-order valence-electron chi connectivity index (χ1n) is 10.5. The van der Waals surface area contributed by atoms with Gasteiger partial charge in [0.25, 0.3) is 0 Å². The second-order valence-electron chi connectivity index (χ2n) is 7.74. The van der Waals surface area contributed by atoms with Gasteiger partial charge in [-0.25, -0.2) is 9.78 Å². The van der Waals surface area contributed by atoms with Gasteiger partial charge in [-0.3, -0.25) is 14.1 Å². The van der Waals surface area contributed by atoms with Gasteiger partial charge < -0.3 is 14.8 Å². The van der Waals surface area contributed by atoms with E-state index in [4.69, 9.17) is 9.47 Å². The lowest BCUT2D eigenvalue weighted by Gasteiger charge is -2.27. The van der Waals surface area contributed by atoms with Crippen LogP contribution in [0.1, 0.15) is 19.1 Å². The number of aromatic nitrogens is 4. The molecule has 0 radical (unpaired) electrons. The zero-order chi connectivity index (χ0) is 21.4. The third kappa shape index (κ3) is 3.47. The van der Waals surface area contributed by atoms with Crippen molar-refractivity contribution in [2.75, 3.05) is 26.8 Å². The lowest BCUT2D eigenvalue weighted by molar-refractivity contribution is -0.0989. The Kier molecular flexibility index (Phi) is 5.17. The predicted octanol–water partition coefficient (Wildman–Crippen LogP) is 2.86. The molecule has 31 heavy (non-hydrogen) atoms. The minimum absolute atomic E-state index is 0.0826. The van der Waals surface area contributed by atoms with Gasteiger partial charge in [-0.2, -0.15) is 0 Å². The number of benzene rings is 1. The number of nitrogens with zero attached hydrogens (tertiary/aromatic N) is 4. The highest BCUT2D eigenvalue weighted by molar-refractivity contribution is 6.04. The van der Waals surface area contributed by atoms with E-state index in [1.165, 1.54) is 0 Å². The molecule has 5 rings (SSSR count). The Morgan fingerprint density at radius 2 is 2.03 bits per heavy atom. The normalized spacial score (nSPS) is 16.0. The van der Waals surface area contributed by atoms with Crippen LogP contribution in [-0.4, -0.2) is 45.9 Å². The van der Waals surface area contributed by atoms with Crippen molar-refractivity contribution in [3.8, 4) is 17.0 Å². The fraction of sp³-hybridized carbons (Fsp3) is 0.348. The summed E-state index contributed by atoms with van der Waals surface area (Å²) in [6.07, 6.45) is 5.12. The smallest absolute Gasteiger partial charge is 0.331 e. The number of rotatable bonds is 7. The average Bonchev–Trinajstić information content (AvgIpc) is 3.01. The number of imidazole rings is 1. The van der Waals surface area contributed by atoms with Gasteiger partial charge in [0.15, 0.2) is 0 Å². The summed E-state index contributed by atoms with van der Waals surface area (Å²) in [6, 6.07) is 9.97. The molecule has 1 aliphatic heterocycles. The van der Waals surface area contributed by atoms with E-state index >= 15 is 0 Å². The second kappa shape index (κ2) is 8.13. The Morgan fingerprint density at radius 3 is 2.74 bits per heavy atom. The van der Waals surface area contributed by atoms with Crippen molar-refractivity contribution >= 4 is 21.9 Å². The molecule has 1 aliphatic rings. The van der Waals surface area contributed by atoms with Gasteiger partial charge in [-0.15, -0.1) is 0 Å². The van der Waals surface area contributed by atoms with Crippen LogP contribution in [0.25, 0.3) is 33.1 Å². The molecule has 1 fully saturated rings. The molecule has 1 N–H and O–H groups in total. The summed E-state index contributed by atoms with van der Waals surface area (Å²) in [5.41, 5.74) is 4.41. The van der Waals surface area contributed by atoms with Gasteiger partial charge >= 0.3 is 5.69 Å². The molecule has 4 heterocycles. The van der Waals surface area contributed by atoms with Crippen LogP contribution < -0.4 is 15.7 Å². The molecule has 0 saturated carbocycles. The van der Waals surface area contributed by atoms with E-state index in [9.17, 15) is 4.79 Å². The number of ether oxygens (including phenoxy) is 2. The summed E-state index contributed by atoms with van der Waals surface area (Å²) in [6.45, 7) is 2.21. The lowest BCUT2D eigenvalue weighted by Crippen LogP contribution is -2.33. The zero-order valence-electron chi connectivity index (χ0n) is 17.7. The van der Waals surface area contributed by atoms with Crippen molar-refractivity contribution in [3.05, 3.63) is 53.2 Å². The number of pyridine rings is 2. The Labute approximate surface area is 179 Å². The van der Waals surface area contributed by atoms with Crippen LogP contribution in [0.15, 0.2) is 47.5 Å². The molecule has 0 bridgehead atoms. The zero-order valence-corrected chi connectivity index (χ0v) is 17.7. The molecule has 1 saturated heterocycles. The predicted molar refractivity (Wildman–Crippen MR) is 119 cm³/mol. The molecule has 1 atom stereocenters. The summed E-state index contributed by atoms with van der Waals surface area (Å²) in [5, 5.41) is 4.03. The van der Waals surface area contributed by atoms with E-state index in [1.54, 1.807) is 22.4 Å². The van der Waals surface area contributed by atoms with Gasteiger partial charge in [0.2, 0.25) is 5.88 Å². The van der Waals surface area contributed by atoms with Crippen LogP contribution in [0, 0.1) is 0 Å². The quantitative estimate of drug-likeness (QED) is 0.464. The summed E-state index contributed by atoms with van der Waals surface area (Å²) < 4.78 is 14.7. The van der Waals surface area contributed by atoms with Crippen LogP contribution in [0.2, 0.25) is 0 Å². The van der Waals surface area contributed by atoms with Crippen molar-refractivity contribution in [3.63, 3.8) is 0 Å². The van der Waals surface area contributed by atoms with Gasteiger partial charge in [0.1, 0.15) is 6.23 Å². The molecule has 4 aromatic rings. The molecule has 8 nitrogen and oxygen atoms in total. The first-order chi connectivity index (χ1) is 15.2. The summed E-state index contributed by atoms with van der Waals surface area (Å²) in [4.78, 5) is 21.9. The van der Waals surface area contributed by atoms with Gasteiger partial charge in [0, 0.05) is 36.7 Å². The Hall–Kier alpha value is -3.23. The van der Waals surface area contributed by atoms with E-state index in [2.05, 4.69) is 21.4 Å². The van der Waals surface area contributed by atoms with Gasteiger partial charge in [0.05, 0.1) is 36.0 Å². The third-order valence-electron chi connectivity index (χ3n) is 5.77. The maximum atomic E-state index is 12.9. The highest BCUT2D eigenvalue weighted by atomic mass is 16.5. The average molecular weight is 419 g/mol. The first-order valence-corrected chi connectivity index (χ1v) is 10.5. The van der Waals surface area contributed by atoms with Crippen LogP contribution >= 0.6 is 0 Å². The fourth-order valence-corrected chi connectivity index (χ4v) is 3.96. The molecule has 3 aromatic heterocycles. The standard InChI is InChI=1S/C23H25N5O3/c1-24-9-3-10-30-20-7-5-16(13-26-20)15-4-6-18-17(12-15)22-19(14-25-18)27(2)23(29)28(22)21-8-11-31-21/h4-7,12-14,21,24H,3,8-11H2,1-2H3. The van der Waals surface area contributed by atoms with Crippen molar-refractivity contribution in [1.29, 1.82) is 0 Å². The van der Waals surface area contributed by atoms with Crippen molar-refractivity contribution < 1.29 is 9.47 Å². The largest absolute Gasteiger partial charge is 0.478 e. The first kappa shape index (κ1) is 19.7. The number of fused-ring (bicyclic) bond motifs is 3.